The molecule has 1 N–H and O–H groups in total. The van der Waals surface area contributed by atoms with Crippen LogP contribution in [0.2, 0.25) is 0 Å². The molecule has 0 spiro atoms. The molecule has 1 aromatic heterocycles. The third-order valence-electron chi connectivity index (χ3n) is 4.19. The number of methoxy groups -OCH3 is 1. The predicted molar refractivity (Wildman–Crippen MR) is 114 cm³/mol. The van der Waals surface area contributed by atoms with Crippen molar-refractivity contribution in [2.45, 2.75) is 26.6 Å². The number of thiazole rings is 1. The van der Waals surface area contributed by atoms with Crippen molar-refractivity contribution in [3.8, 4) is 11.5 Å². The lowest BCUT2D eigenvalue weighted by atomic mass is 10.1. The van der Waals surface area contributed by atoms with Crippen molar-refractivity contribution >= 4 is 22.4 Å². The molecule has 0 radical (unpaired) electrons. The molecule has 2 aromatic carbocycles. The number of rotatable bonds is 9. The van der Waals surface area contributed by atoms with E-state index in [9.17, 15) is 4.79 Å². The Balaban J connectivity index is 1.81. The van der Waals surface area contributed by atoms with Gasteiger partial charge in [-0.15, -0.1) is 11.3 Å². The number of aryl methyl sites for hydroxylation is 1. The second-order valence-corrected chi connectivity index (χ2v) is 7.48. The second kappa shape index (κ2) is 10.0. The second-order valence-electron chi connectivity index (χ2n) is 6.58. The fraction of sp³-hybridized carbons (Fsp3) is 0.273. The number of carbonyl (C=O) groups excluding carboxylic acids is 1. The van der Waals surface area contributed by atoms with Crippen LogP contribution in [0, 0.1) is 6.92 Å². The molecule has 0 saturated heterocycles. The fourth-order valence-electron chi connectivity index (χ4n) is 2.74. The molecule has 0 fully saturated rings. The third kappa shape index (κ3) is 6.04. The van der Waals surface area contributed by atoms with Crippen molar-refractivity contribution in [2.24, 2.45) is 0 Å². The number of nitrogens with one attached hydrogen (secondary N) is 1. The minimum Gasteiger partial charge on any atom is -0.489 e. The van der Waals surface area contributed by atoms with E-state index < -0.39 is 0 Å². The zero-order valence-corrected chi connectivity index (χ0v) is 17.5. The molecule has 6 nitrogen and oxygen atoms in total. The van der Waals surface area contributed by atoms with Crippen LogP contribution in [0.25, 0.3) is 0 Å². The summed E-state index contributed by atoms with van der Waals surface area (Å²) < 4.78 is 17.0. The van der Waals surface area contributed by atoms with Gasteiger partial charge in [0.05, 0.1) is 6.61 Å². The number of benzene rings is 2. The topological polar surface area (TPSA) is 69.7 Å². The summed E-state index contributed by atoms with van der Waals surface area (Å²) in [6.07, 6.45) is 1.48. The molecule has 1 unspecified atom stereocenters. The predicted octanol–water partition coefficient (Wildman–Crippen LogP) is 4.70. The van der Waals surface area contributed by atoms with Gasteiger partial charge in [-0.3, -0.25) is 10.1 Å². The first-order chi connectivity index (χ1) is 14.0. The van der Waals surface area contributed by atoms with Crippen molar-refractivity contribution in [1.82, 2.24) is 4.98 Å². The van der Waals surface area contributed by atoms with Crippen LogP contribution in [0.5, 0.6) is 11.5 Å². The maximum atomic E-state index is 12.7. The lowest BCUT2D eigenvalue weighted by molar-refractivity contribution is 0.0914. The highest BCUT2D eigenvalue weighted by atomic mass is 32.1. The molecule has 29 heavy (non-hydrogen) atoms. The summed E-state index contributed by atoms with van der Waals surface area (Å²) in [6.45, 7) is 4.78. The number of ether oxygens (including phenoxy) is 3. The molecule has 0 aliphatic carbocycles. The van der Waals surface area contributed by atoms with E-state index in [1.165, 1.54) is 11.3 Å². The van der Waals surface area contributed by atoms with Crippen molar-refractivity contribution in [1.29, 1.82) is 0 Å². The van der Waals surface area contributed by atoms with E-state index in [1.807, 2.05) is 38.1 Å². The maximum absolute atomic E-state index is 12.7. The van der Waals surface area contributed by atoms with Gasteiger partial charge in [0, 0.05) is 30.3 Å². The first-order valence-corrected chi connectivity index (χ1v) is 10.1. The van der Waals surface area contributed by atoms with Crippen LogP contribution in [0.15, 0.2) is 54.0 Å². The molecule has 0 saturated carbocycles. The van der Waals surface area contributed by atoms with Gasteiger partial charge in [-0.2, -0.15) is 0 Å². The number of carbonyl (C=O) groups is 1. The summed E-state index contributed by atoms with van der Waals surface area (Å²) in [7, 11) is 1.62. The van der Waals surface area contributed by atoms with Gasteiger partial charge in [0.2, 0.25) is 0 Å². The molecule has 1 heterocycles. The van der Waals surface area contributed by atoms with Gasteiger partial charge in [0.25, 0.3) is 5.91 Å². The first kappa shape index (κ1) is 20.8. The normalized spacial score (nSPS) is 11.7. The average molecular weight is 413 g/mol. The summed E-state index contributed by atoms with van der Waals surface area (Å²) >= 11 is 1.36. The van der Waals surface area contributed by atoms with Gasteiger partial charge in [0.15, 0.2) is 5.13 Å². The minimum absolute atomic E-state index is 0.165. The van der Waals surface area contributed by atoms with Gasteiger partial charge in [0.1, 0.15) is 24.2 Å². The molecule has 152 valence electrons. The highest BCUT2D eigenvalue weighted by molar-refractivity contribution is 7.13. The average Bonchev–Trinajstić information content (AvgIpc) is 3.20. The van der Waals surface area contributed by atoms with Crippen molar-refractivity contribution < 1.29 is 19.0 Å². The van der Waals surface area contributed by atoms with E-state index in [-0.39, 0.29) is 12.0 Å². The minimum atomic E-state index is -0.273. The van der Waals surface area contributed by atoms with Crippen molar-refractivity contribution in [3.63, 3.8) is 0 Å². The molecule has 3 rings (SSSR count). The Bertz CT molecular complexity index is 944. The Kier molecular flexibility index (Phi) is 7.21. The lowest BCUT2D eigenvalue weighted by Crippen LogP contribution is -2.18. The van der Waals surface area contributed by atoms with Crippen LogP contribution in [-0.4, -0.2) is 30.7 Å². The van der Waals surface area contributed by atoms with Crippen LogP contribution in [0.1, 0.15) is 28.4 Å². The molecule has 1 atom stereocenters. The summed E-state index contributed by atoms with van der Waals surface area (Å²) in [5.74, 6) is 0.825. The van der Waals surface area contributed by atoms with Crippen molar-refractivity contribution in [2.75, 3.05) is 19.0 Å². The van der Waals surface area contributed by atoms with E-state index in [4.69, 9.17) is 14.2 Å². The molecule has 0 bridgehead atoms. The summed E-state index contributed by atoms with van der Waals surface area (Å²) in [6, 6.07) is 13.2. The van der Waals surface area contributed by atoms with Crippen LogP contribution >= 0.6 is 11.3 Å². The number of hydrogen-bond donors (Lipinski definition) is 1. The van der Waals surface area contributed by atoms with E-state index in [0.717, 1.165) is 11.1 Å². The molecular weight excluding hydrogens is 388 g/mol. The van der Waals surface area contributed by atoms with Crippen LogP contribution < -0.4 is 14.8 Å². The fourth-order valence-corrected chi connectivity index (χ4v) is 3.27. The zero-order chi connectivity index (χ0) is 20.6. The van der Waals surface area contributed by atoms with Gasteiger partial charge in [-0.05, 0) is 37.1 Å². The molecule has 0 aliphatic rings. The van der Waals surface area contributed by atoms with Crippen molar-refractivity contribution in [3.05, 3.63) is 70.7 Å². The van der Waals surface area contributed by atoms with E-state index in [2.05, 4.69) is 10.3 Å². The summed E-state index contributed by atoms with van der Waals surface area (Å²) in [4.78, 5) is 16.8. The standard InChI is InChI=1S/C22H24N2O4S/c1-15-6-4-5-7-17(15)14-27-19-10-18(21(25)24-22-23-8-9-29-22)11-20(12-19)28-16(2)13-26-3/h4-12,16H,13-14H2,1-3H3,(H,23,24,25). The number of anilines is 1. The smallest absolute Gasteiger partial charge is 0.257 e. The highest BCUT2D eigenvalue weighted by Gasteiger charge is 2.14. The zero-order valence-electron chi connectivity index (χ0n) is 16.7. The molecular formula is C22H24N2O4S. The SMILES string of the molecule is COCC(C)Oc1cc(OCc2ccccc2C)cc(C(=O)Nc2nccs2)c1. The Morgan fingerprint density at radius 3 is 2.72 bits per heavy atom. The number of amides is 1. The van der Waals surface area contributed by atoms with Crippen LogP contribution in [0.3, 0.4) is 0 Å². The van der Waals surface area contributed by atoms with Gasteiger partial charge in [-0.25, -0.2) is 4.98 Å². The number of nitrogens with zero attached hydrogens (tertiary/aromatic N) is 1. The Hall–Kier alpha value is -2.90. The van der Waals surface area contributed by atoms with E-state index >= 15 is 0 Å². The van der Waals surface area contributed by atoms with Crippen LogP contribution in [0.4, 0.5) is 5.13 Å². The Morgan fingerprint density at radius 2 is 2.00 bits per heavy atom. The number of aromatic nitrogens is 1. The monoisotopic (exact) mass is 412 g/mol. The van der Waals surface area contributed by atoms with Crippen LogP contribution in [-0.2, 0) is 11.3 Å². The quantitative estimate of drug-likeness (QED) is 0.552. The van der Waals surface area contributed by atoms with Gasteiger partial charge < -0.3 is 14.2 Å². The maximum Gasteiger partial charge on any atom is 0.257 e. The summed E-state index contributed by atoms with van der Waals surface area (Å²) in [5, 5.41) is 5.13. The first-order valence-electron chi connectivity index (χ1n) is 9.24. The number of hydrogen-bond acceptors (Lipinski definition) is 6. The molecule has 0 aliphatic heterocycles. The van der Waals surface area contributed by atoms with E-state index in [0.29, 0.717) is 35.4 Å². The molecule has 1 amide bonds. The Labute approximate surface area is 174 Å². The Morgan fingerprint density at radius 1 is 1.21 bits per heavy atom. The third-order valence-corrected chi connectivity index (χ3v) is 4.88. The van der Waals surface area contributed by atoms with Gasteiger partial charge in [-0.1, -0.05) is 24.3 Å². The lowest BCUT2D eigenvalue weighted by Gasteiger charge is -2.16. The van der Waals surface area contributed by atoms with E-state index in [1.54, 1.807) is 36.9 Å². The molecule has 7 heteroatoms. The summed E-state index contributed by atoms with van der Waals surface area (Å²) in [5.41, 5.74) is 2.66. The highest BCUT2D eigenvalue weighted by Crippen LogP contribution is 2.26. The van der Waals surface area contributed by atoms with Gasteiger partial charge >= 0.3 is 0 Å². The molecule has 3 aromatic rings. The largest absolute Gasteiger partial charge is 0.489 e.